The molecule has 2 rings (SSSR count). The van der Waals surface area contributed by atoms with Crippen LogP contribution in [-0.4, -0.2) is 50.4 Å². The minimum absolute atomic E-state index is 0.0887. The van der Waals surface area contributed by atoms with E-state index in [-0.39, 0.29) is 11.6 Å². The zero-order valence-corrected chi connectivity index (χ0v) is 13.6. The van der Waals surface area contributed by atoms with Gasteiger partial charge in [0.2, 0.25) is 0 Å². The molecule has 1 aromatic carbocycles. The molecule has 122 valence electrons. The van der Waals surface area contributed by atoms with Gasteiger partial charge in [-0.25, -0.2) is 4.79 Å². The van der Waals surface area contributed by atoms with Crippen LogP contribution in [0.5, 0.6) is 11.5 Å². The van der Waals surface area contributed by atoms with Crippen molar-refractivity contribution in [1.29, 1.82) is 0 Å². The summed E-state index contributed by atoms with van der Waals surface area (Å²) in [6, 6.07) is 5.46. The monoisotopic (exact) mass is 308 g/mol. The smallest absolute Gasteiger partial charge is 0.317 e. The molecule has 0 aromatic heterocycles. The number of benzene rings is 1. The summed E-state index contributed by atoms with van der Waals surface area (Å²) in [7, 11) is 3.21. The number of nitrogens with one attached hydrogen (secondary N) is 1. The summed E-state index contributed by atoms with van der Waals surface area (Å²) in [5, 5.41) is 2.93. The summed E-state index contributed by atoms with van der Waals surface area (Å²) in [6.07, 6.45) is 0. The maximum atomic E-state index is 12.3. The molecular weight excluding hydrogens is 284 g/mol. The fourth-order valence-corrected chi connectivity index (χ4v) is 2.47. The number of nitrogens with zero attached hydrogens (tertiary/aromatic N) is 1. The Morgan fingerprint density at radius 2 is 2.14 bits per heavy atom. The molecule has 1 fully saturated rings. The van der Waals surface area contributed by atoms with Crippen LogP contribution in [0.4, 0.5) is 4.79 Å². The molecule has 1 heterocycles. The van der Waals surface area contributed by atoms with E-state index in [1.54, 1.807) is 25.2 Å². The van der Waals surface area contributed by atoms with Crippen LogP contribution < -0.4 is 14.8 Å². The van der Waals surface area contributed by atoms with E-state index in [1.165, 1.54) is 0 Å². The molecule has 0 saturated carbocycles. The van der Waals surface area contributed by atoms with E-state index in [9.17, 15) is 4.79 Å². The lowest BCUT2D eigenvalue weighted by molar-refractivity contribution is -0.0733. The summed E-state index contributed by atoms with van der Waals surface area (Å²) < 4.78 is 16.1. The van der Waals surface area contributed by atoms with Crippen LogP contribution in [0.15, 0.2) is 18.2 Å². The molecule has 0 spiro atoms. The van der Waals surface area contributed by atoms with Crippen molar-refractivity contribution >= 4 is 6.03 Å². The number of amides is 2. The van der Waals surface area contributed by atoms with Crippen molar-refractivity contribution in [2.45, 2.75) is 26.0 Å². The summed E-state index contributed by atoms with van der Waals surface area (Å²) in [6.45, 7) is 6.13. The van der Waals surface area contributed by atoms with E-state index in [0.717, 1.165) is 11.3 Å². The zero-order chi connectivity index (χ0) is 16.2. The van der Waals surface area contributed by atoms with Crippen molar-refractivity contribution in [3.63, 3.8) is 0 Å². The Morgan fingerprint density at radius 1 is 1.36 bits per heavy atom. The molecule has 0 radical (unpaired) electrons. The van der Waals surface area contributed by atoms with Gasteiger partial charge in [0.25, 0.3) is 0 Å². The average molecular weight is 308 g/mol. The lowest BCUT2D eigenvalue weighted by atomic mass is 10.1. The first-order chi connectivity index (χ1) is 10.4. The molecule has 6 heteroatoms. The quantitative estimate of drug-likeness (QED) is 0.924. The lowest BCUT2D eigenvalue weighted by Crippen LogP contribution is -2.53. The van der Waals surface area contributed by atoms with Crippen molar-refractivity contribution in [3.8, 4) is 11.5 Å². The minimum Gasteiger partial charge on any atom is -0.497 e. The van der Waals surface area contributed by atoms with Gasteiger partial charge >= 0.3 is 6.03 Å². The van der Waals surface area contributed by atoms with Crippen molar-refractivity contribution in [2.24, 2.45) is 0 Å². The Balaban J connectivity index is 1.96. The summed E-state index contributed by atoms with van der Waals surface area (Å²) >= 11 is 0. The van der Waals surface area contributed by atoms with Crippen molar-refractivity contribution < 1.29 is 19.0 Å². The number of urea groups is 1. The second-order valence-electron chi connectivity index (χ2n) is 5.87. The number of morpholine rings is 1. The van der Waals surface area contributed by atoms with Gasteiger partial charge in [-0.3, -0.25) is 0 Å². The highest BCUT2D eigenvalue weighted by Gasteiger charge is 2.29. The van der Waals surface area contributed by atoms with E-state index in [1.807, 2.05) is 26.0 Å². The van der Waals surface area contributed by atoms with Crippen molar-refractivity contribution in [1.82, 2.24) is 10.2 Å². The number of hydrogen-bond donors (Lipinski definition) is 1. The van der Waals surface area contributed by atoms with E-state index < -0.39 is 0 Å². The number of hydrogen-bond acceptors (Lipinski definition) is 4. The molecule has 1 aliphatic heterocycles. The molecule has 1 aliphatic rings. The van der Waals surface area contributed by atoms with Gasteiger partial charge in [0, 0.05) is 24.7 Å². The highest BCUT2D eigenvalue weighted by atomic mass is 16.5. The lowest BCUT2D eigenvalue weighted by Gasteiger charge is -2.38. The minimum atomic E-state index is -0.298. The van der Waals surface area contributed by atoms with E-state index >= 15 is 0 Å². The fraction of sp³-hybridized carbons (Fsp3) is 0.562. The molecule has 6 nitrogen and oxygen atoms in total. The Labute approximate surface area is 131 Å². The molecular formula is C16H24N2O4. The van der Waals surface area contributed by atoms with E-state index in [2.05, 4.69) is 5.32 Å². The van der Waals surface area contributed by atoms with Gasteiger partial charge in [-0.1, -0.05) is 0 Å². The molecule has 22 heavy (non-hydrogen) atoms. The Morgan fingerprint density at radius 3 is 2.77 bits per heavy atom. The second kappa shape index (κ2) is 6.87. The van der Waals surface area contributed by atoms with Crippen molar-refractivity contribution in [3.05, 3.63) is 23.8 Å². The maximum Gasteiger partial charge on any atom is 0.317 e. The van der Waals surface area contributed by atoms with Gasteiger partial charge in [-0.2, -0.15) is 0 Å². The molecule has 1 saturated heterocycles. The maximum absolute atomic E-state index is 12.3. The highest BCUT2D eigenvalue weighted by molar-refractivity contribution is 5.74. The van der Waals surface area contributed by atoms with Crippen LogP contribution in [0.2, 0.25) is 0 Å². The molecule has 0 atom stereocenters. The highest BCUT2D eigenvalue weighted by Crippen LogP contribution is 2.24. The van der Waals surface area contributed by atoms with Gasteiger partial charge < -0.3 is 24.4 Å². The second-order valence-corrected chi connectivity index (χ2v) is 5.87. The van der Waals surface area contributed by atoms with Crippen LogP contribution >= 0.6 is 0 Å². The average Bonchev–Trinajstić information content (AvgIpc) is 2.51. The van der Waals surface area contributed by atoms with Gasteiger partial charge in [0.05, 0.1) is 33.0 Å². The van der Waals surface area contributed by atoms with Gasteiger partial charge in [-0.15, -0.1) is 0 Å². The molecule has 1 N–H and O–H groups in total. The van der Waals surface area contributed by atoms with Crippen LogP contribution in [-0.2, 0) is 11.3 Å². The van der Waals surface area contributed by atoms with Crippen LogP contribution in [0.1, 0.15) is 19.4 Å². The zero-order valence-electron chi connectivity index (χ0n) is 13.6. The third-order valence-electron chi connectivity index (χ3n) is 3.64. The summed E-state index contributed by atoms with van der Waals surface area (Å²) in [4.78, 5) is 14.1. The number of rotatable bonds is 4. The molecule has 0 bridgehead atoms. The number of ether oxygens (including phenoxy) is 3. The number of carbonyl (C=O) groups is 1. The predicted molar refractivity (Wildman–Crippen MR) is 83.4 cm³/mol. The SMILES string of the molecule is COc1ccc(CNC(=O)N2CCOC(C)(C)C2)c(OC)c1. The first kappa shape index (κ1) is 16.4. The summed E-state index contributed by atoms with van der Waals surface area (Å²) in [5.41, 5.74) is 0.608. The number of carbonyl (C=O) groups excluding carboxylic acids is 1. The van der Waals surface area contributed by atoms with E-state index in [0.29, 0.717) is 32.0 Å². The van der Waals surface area contributed by atoms with Crippen molar-refractivity contribution in [2.75, 3.05) is 33.9 Å². The largest absolute Gasteiger partial charge is 0.497 e. The third kappa shape index (κ3) is 4.04. The summed E-state index contributed by atoms with van der Waals surface area (Å²) in [5.74, 6) is 1.42. The predicted octanol–water partition coefficient (Wildman–Crippen LogP) is 2.02. The molecule has 0 unspecified atom stereocenters. The Hall–Kier alpha value is -1.95. The van der Waals surface area contributed by atoms with Crippen LogP contribution in [0, 0.1) is 0 Å². The van der Waals surface area contributed by atoms with E-state index in [4.69, 9.17) is 14.2 Å². The molecule has 0 aliphatic carbocycles. The van der Waals surface area contributed by atoms with Crippen LogP contribution in [0.25, 0.3) is 0 Å². The Kier molecular flexibility index (Phi) is 5.13. The molecule has 1 aromatic rings. The van der Waals surface area contributed by atoms with Gasteiger partial charge in [0.1, 0.15) is 11.5 Å². The first-order valence-corrected chi connectivity index (χ1v) is 7.33. The first-order valence-electron chi connectivity index (χ1n) is 7.33. The fourth-order valence-electron chi connectivity index (χ4n) is 2.47. The standard InChI is InChI=1S/C16H24N2O4/c1-16(2)11-18(7-8-22-16)15(19)17-10-12-5-6-13(20-3)9-14(12)21-4/h5-6,9H,7-8,10-11H2,1-4H3,(H,17,19). The Bertz CT molecular complexity index is 531. The van der Waals surface area contributed by atoms with Gasteiger partial charge in [-0.05, 0) is 26.0 Å². The number of methoxy groups -OCH3 is 2. The molecule has 2 amide bonds. The topological polar surface area (TPSA) is 60.0 Å². The van der Waals surface area contributed by atoms with Crippen LogP contribution in [0.3, 0.4) is 0 Å². The normalized spacial score (nSPS) is 17.0. The third-order valence-corrected chi connectivity index (χ3v) is 3.64. The van der Waals surface area contributed by atoms with Gasteiger partial charge in [0.15, 0.2) is 0 Å².